The van der Waals surface area contributed by atoms with Gasteiger partial charge in [-0.05, 0) is 88.7 Å². The largest absolute Gasteiger partial charge is 0.300 e. The van der Waals surface area contributed by atoms with E-state index in [1.165, 1.54) is 81.8 Å². The maximum absolute atomic E-state index is 13.6. The molecule has 2 saturated carbocycles. The first-order valence-electron chi connectivity index (χ1n) is 13.2. The molecule has 1 aliphatic heterocycles. The second kappa shape index (κ2) is 8.38. The molecule has 1 unspecified atom stereocenters. The van der Waals surface area contributed by atoms with Gasteiger partial charge in [-0.25, -0.2) is 4.68 Å². The van der Waals surface area contributed by atoms with Gasteiger partial charge in [0.2, 0.25) is 0 Å². The van der Waals surface area contributed by atoms with Gasteiger partial charge in [0.1, 0.15) is 5.65 Å². The number of aryl methyl sites for hydroxylation is 1. The average Bonchev–Trinajstić information content (AvgIpc) is 3.19. The first-order valence-corrected chi connectivity index (χ1v) is 13.2. The van der Waals surface area contributed by atoms with Crippen molar-refractivity contribution in [1.29, 1.82) is 0 Å². The van der Waals surface area contributed by atoms with E-state index < -0.39 is 0 Å². The molecule has 0 aromatic carbocycles. The second-order valence-corrected chi connectivity index (χ2v) is 10.8. The van der Waals surface area contributed by atoms with E-state index >= 15 is 0 Å². The van der Waals surface area contributed by atoms with Crippen LogP contribution in [-0.2, 0) is 19.4 Å². The maximum Gasteiger partial charge on any atom is 0.255 e. The molecule has 31 heavy (non-hydrogen) atoms. The van der Waals surface area contributed by atoms with Gasteiger partial charge < -0.3 is 4.90 Å². The van der Waals surface area contributed by atoms with Crippen LogP contribution in [0.1, 0.15) is 94.2 Å². The van der Waals surface area contributed by atoms with Crippen LogP contribution in [0.2, 0.25) is 0 Å². The van der Waals surface area contributed by atoms with E-state index in [0.29, 0.717) is 17.5 Å². The first kappa shape index (κ1) is 20.0. The fourth-order valence-corrected chi connectivity index (χ4v) is 6.91. The Labute approximate surface area is 185 Å². The monoisotopic (exact) mass is 422 g/mol. The average molecular weight is 423 g/mol. The number of likely N-dealkylation sites (tertiary alicyclic amines) is 1. The fourth-order valence-electron chi connectivity index (χ4n) is 6.91. The molecular weight excluding hydrogens is 384 g/mol. The number of piperidine rings is 1. The Hall–Kier alpha value is -1.62. The predicted octanol–water partition coefficient (Wildman–Crippen LogP) is 4.85. The molecule has 2 aromatic heterocycles. The Morgan fingerprint density at radius 1 is 0.839 bits per heavy atom. The minimum Gasteiger partial charge on any atom is -0.300 e. The van der Waals surface area contributed by atoms with Gasteiger partial charge in [0.25, 0.3) is 5.56 Å². The summed E-state index contributed by atoms with van der Waals surface area (Å²) in [6.07, 6.45) is 19.7. The van der Waals surface area contributed by atoms with Crippen molar-refractivity contribution in [3.05, 3.63) is 27.7 Å². The van der Waals surface area contributed by atoms with Crippen LogP contribution in [0, 0.1) is 5.92 Å². The molecule has 0 radical (unpaired) electrons. The third-order valence-corrected chi connectivity index (χ3v) is 8.82. The van der Waals surface area contributed by atoms with E-state index in [9.17, 15) is 4.79 Å². The number of fused-ring (bicyclic) bond motifs is 3. The summed E-state index contributed by atoms with van der Waals surface area (Å²) >= 11 is 0. The van der Waals surface area contributed by atoms with Crippen LogP contribution >= 0.6 is 0 Å². The number of pyridine rings is 1. The highest BCUT2D eigenvalue weighted by Gasteiger charge is 2.31. The first-order chi connectivity index (χ1) is 15.3. The van der Waals surface area contributed by atoms with E-state index in [-0.39, 0.29) is 0 Å². The Balaban J connectivity index is 1.33. The smallest absolute Gasteiger partial charge is 0.255 e. The summed E-state index contributed by atoms with van der Waals surface area (Å²) in [5, 5.41) is 6.19. The zero-order valence-corrected chi connectivity index (χ0v) is 19.0. The van der Waals surface area contributed by atoms with Gasteiger partial charge >= 0.3 is 0 Å². The summed E-state index contributed by atoms with van der Waals surface area (Å²) in [6.45, 7) is 3.46. The quantitative estimate of drug-likeness (QED) is 0.708. The van der Waals surface area contributed by atoms with Crippen LogP contribution in [-0.4, -0.2) is 38.4 Å². The molecule has 5 heteroatoms. The predicted molar refractivity (Wildman–Crippen MR) is 125 cm³/mol. The van der Waals surface area contributed by atoms with Crippen LogP contribution in [0.4, 0.5) is 0 Å². The van der Waals surface area contributed by atoms with Crippen LogP contribution in [0.15, 0.2) is 11.0 Å². The summed E-state index contributed by atoms with van der Waals surface area (Å²) in [6, 6.07) is 1.20. The van der Waals surface area contributed by atoms with Gasteiger partial charge in [-0.3, -0.25) is 9.36 Å². The molecule has 2 aromatic rings. The minimum absolute atomic E-state index is 0.307. The third-order valence-electron chi connectivity index (χ3n) is 8.82. The van der Waals surface area contributed by atoms with Gasteiger partial charge in [0.05, 0.1) is 6.20 Å². The highest BCUT2D eigenvalue weighted by atomic mass is 16.1. The summed E-state index contributed by atoms with van der Waals surface area (Å²) in [4.78, 5) is 16.4. The van der Waals surface area contributed by atoms with Gasteiger partial charge in [-0.2, -0.15) is 5.10 Å². The summed E-state index contributed by atoms with van der Waals surface area (Å²) in [5.74, 6) is 0.653. The van der Waals surface area contributed by atoms with Crippen molar-refractivity contribution in [3.63, 3.8) is 0 Å². The molecule has 0 bridgehead atoms. The van der Waals surface area contributed by atoms with Crippen molar-refractivity contribution >= 4 is 11.0 Å². The Bertz CT molecular complexity index is 995. The zero-order chi connectivity index (χ0) is 20.8. The van der Waals surface area contributed by atoms with Gasteiger partial charge in [0, 0.05) is 36.1 Å². The fraction of sp³-hybridized carbons (Fsp3) is 0.769. The van der Waals surface area contributed by atoms with Gasteiger partial charge in [-0.1, -0.05) is 19.3 Å². The van der Waals surface area contributed by atoms with E-state index in [1.54, 1.807) is 0 Å². The van der Waals surface area contributed by atoms with E-state index in [2.05, 4.69) is 20.3 Å². The van der Waals surface area contributed by atoms with Gasteiger partial charge in [-0.15, -0.1) is 0 Å². The summed E-state index contributed by atoms with van der Waals surface area (Å²) in [7, 11) is 0. The highest BCUT2D eigenvalue weighted by molar-refractivity contribution is 5.81. The van der Waals surface area contributed by atoms with Crippen LogP contribution in [0.5, 0.6) is 0 Å². The Morgan fingerprint density at radius 3 is 2.39 bits per heavy atom. The zero-order valence-electron chi connectivity index (χ0n) is 19.0. The molecule has 0 amide bonds. The van der Waals surface area contributed by atoms with Gasteiger partial charge in [0.15, 0.2) is 0 Å². The van der Waals surface area contributed by atoms with Crippen molar-refractivity contribution in [1.82, 2.24) is 19.2 Å². The molecule has 5 nitrogen and oxygen atoms in total. The maximum atomic E-state index is 13.6. The number of hydrogen-bond donors (Lipinski definition) is 0. The lowest BCUT2D eigenvalue weighted by Gasteiger charge is -2.40. The molecular formula is C26H38N4O. The summed E-state index contributed by atoms with van der Waals surface area (Å²) in [5.41, 5.74) is 3.87. The SMILES string of the molecule is O=c1c2c(c3cnn(CC4CCCN(C5CCCCC5)C4)c3n1C1CCC1)CCCC2. The van der Waals surface area contributed by atoms with Crippen molar-refractivity contribution in [2.75, 3.05) is 13.1 Å². The number of nitrogens with zero attached hydrogens (tertiary/aromatic N) is 4. The van der Waals surface area contributed by atoms with Crippen LogP contribution < -0.4 is 5.56 Å². The number of rotatable bonds is 4. The Morgan fingerprint density at radius 2 is 1.61 bits per heavy atom. The highest BCUT2D eigenvalue weighted by Crippen LogP contribution is 2.36. The molecule has 3 heterocycles. The van der Waals surface area contributed by atoms with Crippen molar-refractivity contribution in [2.45, 2.75) is 109 Å². The Kier molecular flexibility index (Phi) is 5.41. The molecule has 1 saturated heterocycles. The summed E-state index contributed by atoms with van der Waals surface area (Å²) < 4.78 is 4.41. The van der Waals surface area contributed by atoms with E-state index in [4.69, 9.17) is 5.10 Å². The molecule has 0 N–H and O–H groups in total. The minimum atomic E-state index is 0.307. The van der Waals surface area contributed by atoms with E-state index in [0.717, 1.165) is 55.9 Å². The standard InChI is InChI=1S/C26H38N4O/c31-26-23-14-5-4-13-22(23)24-16-27-29(25(24)30(26)21-11-6-12-21)18-19-8-7-15-28(17-19)20-9-2-1-3-10-20/h16,19-21H,1-15,17-18H2. The van der Waals surface area contributed by atoms with Crippen molar-refractivity contribution in [2.24, 2.45) is 5.92 Å². The molecule has 6 rings (SSSR count). The van der Waals surface area contributed by atoms with E-state index in [1.807, 2.05) is 0 Å². The van der Waals surface area contributed by atoms with Crippen LogP contribution in [0.3, 0.4) is 0 Å². The molecule has 0 spiro atoms. The third kappa shape index (κ3) is 3.57. The molecule has 1 atom stereocenters. The normalized spacial score (nSPS) is 26.1. The lowest BCUT2D eigenvalue weighted by Crippen LogP contribution is -2.44. The van der Waals surface area contributed by atoms with Crippen LogP contribution in [0.25, 0.3) is 11.0 Å². The number of hydrogen-bond acceptors (Lipinski definition) is 3. The molecule has 168 valence electrons. The van der Waals surface area contributed by atoms with Crippen molar-refractivity contribution < 1.29 is 0 Å². The lowest BCUT2D eigenvalue weighted by atomic mass is 9.88. The number of aromatic nitrogens is 3. The van der Waals surface area contributed by atoms with Crippen molar-refractivity contribution in [3.8, 4) is 0 Å². The second-order valence-electron chi connectivity index (χ2n) is 10.8. The molecule has 3 fully saturated rings. The molecule has 3 aliphatic carbocycles. The molecule has 4 aliphatic rings. The lowest BCUT2D eigenvalue weighted by molar-refractivity contribution is 0.0913. The topological polar surface area (TPSA) is 43.1 Å².